The third-order valence-electron chi connectivity index (χ3n) is 5.13. The predicted octanol–water partition coefficient (Wildman–Crippen LogP) is 2.44. The van der Waals surface area contributed by atoms with Crippen LogP contribution < -0.4 is 10.6 Å². The summed E-state index contributed by atoms with van der Waals surface area (Å²) in [6.45, 7) is 5.08. The van der Waals surface area contributed by atoms with Crippen molar-refractivity contribution in [2.24, 2.45) is 0 Å². The highest BCUT2D eigenvalue weighted by Gasteiger charge is 2.24. The smallest absolute Gasteiger partial charge is 0.222 e. The van der Waals surface area contributed by atoms with Crippen molar-refractivity contribution >= 4 is 11.8 Å². The van der Waals surface area contributed by atoms with Crippen LogP contribution in [0.4, 0.5) is 0 Å². The second-order valence-electron chi connectivity index (χ2n) is 7.25. The van der Waals surface area contributed by atoms with Gasteiger partial charge in [0.25, 0.3) is 0 Å². The summed E-state index contributed by atoms with van der Waals surface area (Å²) in [5.74, 6) is -0.232. The first-order chi connectivity index (χ1) is 14.1. The van der Waals surface area contributed by atoms with Gasteiger partial charge in [-0.2, -0.15) is 0 Å². The van der Waals surface area contributed by atoms with Crippen LogP contribution in [0.2, 0.25) is 0 Å². The van der Waals surface area contributed by atoms with Crippen molar-refractivity contribution in [1.82, 2.24) is 15.5 Å². The molecule has 1 heterocycles. The third-order valence-corrected chi connectivity index (χ3v) is 5.13. The molecule has 2 atom stereocenters. The van der Waals surface area contributed by atoms with E-state index in [-0.39, 0.29) is 30.3 Å². The molecule has 0 saturated carbocycles. The fourth-order valence-corrected chi connectivity index (χ4v) is 3.67. The fourth-order valence-electron chi connectivity index (χ4n) is 3.67. The fraction of sp³-hybridized carbons (Fsp3) is 0.391. The van der Waals surface area contributed by atoms with Crippen LogP contribution in [0.1, 0.15) is 36.6 Å². The van der Waals surface area contributed by atoms with Gasteiger partial charge < -0.3 is 15.4 Å². The number of hydrogen-bond donors (Lipinski definition) is 2. The van der Waals surface area contributed by atoms with Crippen LogP contribution in [-0.4, -0.2) is 49.6 Å². The minimum Gasteiger partial charge on any atom is -0.379 e. The summed E-state index contributed by atoms with van der Waals surface area (Å²) in [6, 6.07) is 19.6. The monoisotopic (exact) mass is 395 g/mol. The molecule has 6 heteroatoms. The molecule has 29 heavy (non-hydrogen) atoms. The van der Waals surface area contributed by atoms with Crippen LogP contribution in [0.15, 0.2) is 60.7 Å². The van der Waals surface area contributed by atoms with Crippen molar-refractivity contribution < 1.29 is 14.3 Å². The first-order valence-corrected chi connectivity index (χ1v) is 10.1. The number of amides is 2. The number of ether oxygens (including phenoxy) is 1. The average Bonchev–Trinajstić information content (AvgIpc) is 2.75. The van der Waals surface area contributed by atoms with Crippen molar-refractivity contribution in [3.05, 3.63) is 71.8 Å². The second kappa shape index (κ2) is 10.7. The average molecular weight is 396 g/mol. The minimum atomic E-state index is -0.340. The lowest BCUT2D eigenvalue weighted by Crippen LogP contribution is -2.44. The lowest BCUT2D eigenvalue weighted by atomic mass is 10.0. The molecule has 0 radical (unpaired) electrons. The third kappa shape index (κ3) is 6.41. The Morgan fingerprint density at radius 1 is 0.966 bits per heavy atom. The molecule has 1 fully saturated rings. The van der Waals surface area contributed by atoms with Crippen LogP contribution in [0.5, 0.6) is 0 Å². The normalized spacial score (nSPS) is 16.6. The molecule has 3 rings (SSSR count). The molecular formula is C23H29N3O3. The molecule has 0 aliphatic carbocycles. The number of benzene rings is 2. The number of carbonyl (C=O) groups excluding carboxylic acids is 2. The van der Waals surface area contributed by atoms with E-state index in [1.807, 2.05) is 48.5 Å². The summed E-state index contributed by atoms with van der Waals surface area (Å²) < 4.78 is 5.48. The number of hydrogen-bond acceptors (Lipinski definition) is 4. The Labute approximate surface area is 172 Å². The van der Waals surface area contributed by atoms with Gasteiger partial charge in [-0.25, -0.2) is 0 Å². The van der Waals surface area contributed by atoms with Gasteiger partial charge in [0, 0.05) is 26.6 Å². The van der Waals surface area contributed by atoms with E-state index >= 15 is 0 Å². The molecule has 0 bridgehead atoms. The van der Waals surface area contributed by atoms with Crippen LogP contribution in [0.25, 0.3) is 0 Å². The van der Waals surface area contributed by atoms with Gasteiger partial charge in [-0.1, -0.05) is 60.7 Å². The highest BCUT2D eigenvalue weighted by Crippen LogP contribution is 2.22. The first kappa shape index (κ1) is 21.0. The quantitative estimate of drug-likeness (QED) is 0.720. The molecule has 6 nitrogen and oxygen atoms in total. The Balaban J connectivity index is 1.64. The van der Waals surface area contributed by atoms with Gasteiger partial charge in [0.15, 0.2) is 0 Å². The minimum absolute atomic E-state index is 0.0817. The van der Waals surface area contributed by atoms with Gasteiger partial charge in [-0.15, -0.1) is 0 Å². The maximum atomic E-state index is 12.7. The SMILES string of the molecule is CC(=O)NC(CC(=O)NCC(c1ccccc1)N1CCOCC1)c1ccccc1. The number of morpholine rings is 1. The van der Waals surface area contributed by atoms with Crippen LogP contribution >= 0.6 is 0 Å². The van der Waals surface area contributed by atoms with E-state index in [0.29, 0.717) is 19.8 Å². The van der Waals surface area contributed by atoms with E-state index in [4.69, 9.17) is 4.74 Å². The van der Waals surface area contributed by atoms with Gasteiger partial charge in [0.2, 0.25) is 11.8 Å². The summed E-state index contributed by atoms with van der Waals surface area (Å²) in [4.78, 5) is 26.7. The van der Waals surface area contributed by atoms with Crippen molar-refractivity contribution in [3.8, 4) is 0 Å². The predicted molar refractivity (Wildman–Crippen MR) is 112 cm³/mol. The van der Waals surface area contributed by atoms with Crippen LogP contribution in [0.3, 0.4) is 0 Å². The molecular weight excluding hydrogens is 366 g/mol. The molecule has 2 unspecified atom stereocenters. The molecule has 0 aromatic heterocycles. The van der Waals surface area contributed by atoms with Crippen LogP contribution in [-0.2, 0) is 14.3 Å². The Bertz CT molecular complexity index is 776. The van der Waals surface area contributed by atoms with Crippen molar-refractivity contribution in [2.75, 3.05) is 32.8 Å². The molecule has 2 aromatic carbocycles. The molecule has 1 saturated heterocycles. The van der Waals surface area contributed by atoms with E-state index < -0.39 is 0 Å². The zero-order valence-corrected chi connectivity index (χ0v) is 16.8. The van der Waals surface area contributed by atoms with E-state index in [9.17, 15) is 9.59 Å². The summed E-state index contributed by atoms with van der Waals surface area (Å²) in [7, 11) is 0. The second-order valence-corrected chi connectivity index (χ2v) is 7.25. The van der Waals surface area contributed by atoms with Gasteiger partial charge in [0.1, 0.15) is 0 Å². The standard InChI is InChI=1S/C23H29N3O3/c1-18(27)25-21(19-8-4-2-5-9-19)16-23(28)24-17-22(20-10-6-3-7-11-20)26-12-14-29-15-13-26/h2-11,21-22H,12-17H2,1H3,(H,24,28)(H,25,27). The molecule has 1 aliphatic rings. The van der Waals surface area contributed by atoms with Crippen molar-refractivity contribution in [1.29, 1.82) is 0 Å². The maximum absolute atomic E-state index is 12.7. The molecule has 2 amide bonds. The summed E-state index contributed by atoms with van der Waals surface area (Å²) in [5, 5.41) is 5.96. The number of rotatable bonds is 8. The lowest BCUT2D eigenvalue weighted by molar-refractivity contribution is -0.123. The van der Waals surface area contributed by atoms with E-state index in [1.54, 1.807) is 0 Å². The lowest BCUT2D eigenvalue weighted by Gasteiger charge is -2.35. The van der Waals surface area contributed by atoms with E-state index in [0.717, 1.165) is 18.7 Å². The van der Waals surface area contributed by atoms with Gasteiger partial charge in [-0.3, -0.25) is 14.5 Å². The largest absolute Gasteiger partial charge is 0.379 e. The Morgan fingerprint density at radius 3 is 2.14 bits per heavy atom. The Hall–Kier alpha value is -2.70. The van der Waals surface area contributed by atoms with Crippen molar-refractivity contribution in [3.63, 3.8) is 0 Å². The number of carbonyl (C=O) groups is 2. The molecule has 2 aromatic rings. The molecule has 1 aliphatic heterocycles. The van der Waals surface area contributed by atoms with Crippen LogP contribution in [0, 0.1) is 0 Å². The Morgan fingerprint density at radius 2 is 1.55 bits per heavy atom. The summed E-state index contributed by atoms with van der Waals surface area (Å²) in [5.41, 5.74) is 2.10. The van der Waals surface area contributed by atoms with Gasteiger partial charge in [0.05, 0.1) is 31.7 Å². The summed E-state index contributed by atoms with van der Waals surface area (Å²) >= 11 is 0. The number of nitrogens with zero attached hydrogens (tertiary/aromatic N) is 1. The molecule has 0 spiro atoms. The Kier molecular flexibility index (Phi) is 7.78. The van der Waals surface area contributed by atoms with E-state index in [1.165, 1.54) is 12.5 Å². The highest BCUT2D eigenvalue weighted by molar-refractivity contribution is 5.79. The molecule has 2 N–H and O–H groups in total. The van der Waals surface area contributed by atoms with Gasteiger partial charge >= 0.3 is 0 Å². The number of nitrogens with one attached hydrogen (secondary N) is 2. The zero-order chi connectivity index (χ0) is 20.5. The zero-order valence-electron chi connectivity index (χ0n) is 16.8. The van der Waals surface area contributed by atoms with Crippen molar-refractivity contribution in [2.45, 2.75) is 25.4 Å². The highest BCUT2D eigenvalue weighted by atomic mass is 16.5. The molecule has 154 valence electrons. The van der Waals surface area contributed by atoms with E-state index in [2.05, 4.69) is 27.7 Å². The topological polar surface area (TPSA) is 70.7 Å². The first-order valence-electron chi connectivity index (χ1n) is 10.1. The maximum Gasteiger partial charge on any atom is 0.222 e. The van der Waals surface area contributed by atoms with Gasteiger partial charge in [-0.05, 0) is 11.1 Å². The summed E-state index contributed by atoms with van der Waals surface area (Å²) in [6.07, 6.45) is 0.203.